The Bertz CT molecular complexity index is 867. The largest absolute Gasteiger partial charge is 0.393 e. The number of fused-ring (bicyclic) bond motifs is 5. The lowest BCUT2D eigenvalue weighted by Gasteiger charge is -2.58. The van der Waals surface area contributed by atoms with Gasteiger partial charge in [-0.15, -0.1) is 0 Å². The fourth-order valence-electron chi connectivity index (χ4n) is 10.6. The zero-order valence-corrected chi connectivity index (χ0v) is 23.3. The van der Waals surface area contributed by atoms with Crippen LogP contribution in [0.2, 0.25) is 0 Å². The molecule has 3 saturated carbocycles. The van der Waals surface area contributed by atoms with Gasteiger partial charge in [0.15, 0.2) is 0 Å². The third-order valence-electron chi connectivity index (χ3n) is 13.0. The fourth-order valence-corrected chi connectivity index (χ4v) is 10.6. The maximum atomic E-state index is 13.1. The zero-order valence-electron chi connectivity index (χ0n) is 23.3. The lowest BCUT2D eigenvalue weighted by molar-refractivity contribution is -0.134. The van der Waals surface area contributed by atoms with Crippen molar-refractivity contribution in [1.29, 1.82) is 0 Å². The number of ether oxygens (including phenoxy) is 1. The molecule has 2 heterocycles. The molecule has 6 aliphatic rings. The Balaban J connectivity index is 1.06. The molecule has 4 heteroatoms. The average Bonchev–Trinajstić information content (AvgIpc) is 3.47. The highest BCUT2D eigenvalue weighted by Gasteiger charge is 2.59. The van der Waals surface area contributed by atoms with Crippen LogP contribution in [-0.2, 0) is 9.53 Å². The number of allylic oxidation sites excluding steroid dienone is 1. The van der Waals surface area contributed by atoms with Gasteiger partial charge in [-0.1, -0.05) is 32.4 Å². The molecule has 4 aliphatic carbocycles. The van der Waals surface area contributed by atoms with Crippen LogP contribution in [0.25, 0.3) is 0 Å². The van der Waals surface area contributed by atoms with Crippen LogP contribution in [0.15, 0.2) is 11.6 Å². The second kappa shape index (κ2) is 9.40. The summed E-state index contributed by atoms with van der Waals surface area (Å²) in [6.45, 7) is 11.3. The van der Waals surface area contributed by atoms with Gasteiger partial charge in [-0.2, -0.15) is 0 Å². The van der Waals surface area contributed by atoms with Gasteiger partial charge in [0.05, 0.1) is 12.7 Å². The van der Waals surface area contributed by atoms with Gasteiger partial charge in [-0.05, 0) is 123 Å². The Labute approximate surface area is 219 Å². The van der Waals surface area contributed by atoms with Crippen molar-refractivity contribution >= 4 is 5.91 Å². The van der Waals surface area contributed by atoms with Crippen LogP contribution < -0.4 is 0 Å². The Morgan fingerprint density at radius 2 is 1.89 bits per heavy atom. The highest BCUT2D eigenvalue weighted by Crippen LogP contribution is 2.67. The molecule has 2 saturated heterocycles. The minimum Gasteiger partial charge on any atom is -0.393 e. The first-order valence-corrected chi connectivity index (χ1v) is 15.5. The van der Waals surface area contributed by atoms with E-state index in [4.69, 9.17) is 4.74 Å². The van der Waals surface area contributed by atoms with Gasteiger partial charge in [0.2, 0.25) is 5.91 Å². The summed E-state index contributed by atoms with van der Waals surface area (Å²) in [6.07, 6.45) is 17.5. The number of rotatable bonds is 4. The number of likely N-dealkylation sites (tertiary alicyclic amines) is 1. The van der Waals surface area contributed by atoms with Crippen LogP contribution in [0.3, 0.4) is 0 Å². The Kier molecular flexibility index (Phi) is 6.63. The number of nitrogens with zero attached hydrogens (tertiary/aromatic N) is 1. The maximum absolute atomic E-state index is 13.1. The van der Waals surface area contributed by atoms with E-state index in [-0.39, 0.29) is 6.10 Å². The quantitative estimate of drug-likeness (QED) is 0.459. The minimum absolute atomic E-state index is 0.114. The summed E-state index contributed by atoms with van der Waals surface area (Å²) in [5, 5.41) is 10.3. The van der Waals surface area contributed by atoms with Crippen LogP contribution in [0.4, 0.5) is 0 Å². The van der Waals surface area contributed by atoms with Gasteiger partial charge >= 0.3 is 0 Å². The van der Waals surface area contributed by atoms with E-state index >= 15 is 0 Å². The number of hydrogen-bond acceptors (Lipinski definition) is 3. The molecule has 5 fully saturated rings. The zero-order chi connectivity index (χ0) is 25.1. The van der Waals surface area contributed by atoms with E-state index in [1.807, 2.05) is 0 Å². The standard InChI is InChI=1S/C32H51NO3/c1-22(4-9-29(35)33-17-14-32(15-18-33)16-19-36-21-32)26-7-8-27-25-6-5-23-20-24(34)10-12-30(23,2)28(25)11-13-31(26,27)3/h5,22,24-28,34H,4,6-21H2,1-3H3/t22?,24-,25-,26+,27-,28-,30-,31+/m0/s1. The fraction of sp³-hybridized carbons (Fsp3) is 0.906. The number of piperidine rings is 1. The van der Waals surface area contributed by atoms with Crippen LogP contribution in [0, 0.1) is 45.8 Å². The molecule has 0 aromatic heterocycles. The summed E-state index contributed by atoms with van der Waals surface area (Å²) in [6, 6.07) is 0. The van der Waals surface area contributed by atoms with E-state index in [2.05, 4.69) is 31.7 Å². The molecule has 36 heavy (non-hydrogen) atoms. The van der Waals surface area contributed by atoms with Crippen molar-refractivity contribution in [2.75, 3.05) is 26.3 Å². The van der Waals surface area contributed by atoms with Gasteiger partial charge in [0.1, 0.15) is 0 Å². The number of amides is 1. The second-order valence-corrected chi connectivity index (χ2v) is 14.6. The smallest absolute Gasteiger partial charge is 0.222 e. The first kappa shape index (κ1) is 25.4. The molecule has 8 atom stereocenters. The third kappa shape index (κ3) is 4.12. The maximum Gasteiger partial charge on any atom is 0.222 e. The molecule has 0 aromatic carbocycles. The van der Waals surface area contributed by atoms with Gasteiger partial charge < -0.3 is 14.7 Å². The Hall–Kier alpha value is -0.870. The van der Waals surface area contributed by atoms with Gasteiger partial charge in [-0.25, -0.2) is 0 Å². The summed E-state index contributed by atoms with van der Waals surface area (Å²) in [7, 11) is 0. The number of aliphatic hydroxyl groups is 1. The summed E-state index contributed by atoms with van der Waals surface area (Å²) in [5.41, 5.74) is 2.73. The molecular formula is C32H51NO3. The molecule has 2 aliphatic heterocycles. The van der Waals surface area contributed by atoms with E-state index in [0.717, 1.165) is 88.5 Å². The van der Waals surface area contributed by atoms with Crippen molar-refractivity contribution in [3.8, 4) is 0 Å². The molecule has 0 radical (unpaired) electrons. The van der Waals surface area contributed by atoms with Crippen molar-refractivity contribution in [1.82, 2.24) is 4.90 Å². The summed E-state index contributed by atoms with van der Waals surface area (Å²) < 4.78 is 5.67. The van der Waals surface area contributed by atoms with E-state index in [1.54, 1.807) is 5.57 Å². The average molecular weight is 498 g/mol. The first-order valence-electron chi connectivity index (χ1n) is 15.5. The molecule has 1 unspecified atom stereocenters. The number of carbonyl (C=O) groups is 1. The number of aliphatic hydroxyl groups excluding tert-OH is 1. The lowest BCUT2D eigenvalue weighted by Crippen LogP contribution is -2.50. The van der Waals surface area contributed by atoms with E-state index in [9.17, 15) is 9.90 Å². The second-order valence-electron chi connectivity index (χ2n) is 14.6. The predicted molar refractivity (Wildman–Crippen MR) is 143 cm³/mol. The van der Waals surface area contributed by atoms with Crippen LogP contribution >= 0.6 is 0 Å². The van der Waals surface area contributed by atoms with E-state index in [1.165, 1.54) is 44.9 Å². The third-order valence-corrected chi connectivity index (χ3v) is 13.0. The van der Waals surface area contributed by atoms with Gasteiger partial charge in [-0.3, -0.25) is 4.79 Å². The SMILES string of the molecule is CC(CCC(=O)N1CCC2(CCOC2)CC1)[C@H]1CC[C@H]2[C@@H]3CC=C4C[C@@H](O)CC[C@]4(C)[C@H]3CC[C@]12C. The molecule has 202 valence electrons. The van der Waals surface area contributed by atoms with Crippen molar-refractivity contribution < 1.29 is 14.6 Å². The molecular weight excluding hydrogens is 446 g/mol. The molecule has 1 amide bonds. The summed E-state index contributed by atoms with van der Waals surface area (Å²) in [5.74, 6) is 4.28. The van der Waals surface area contributed by atoms with Crippen molar-refractivity contribution in [3.63, 3.8) is 0 Å². The molecule has 1 spiro atoms. The normalized spacial score (nSPS) is 44.5. The molecule has 6 rings (SSSR count). The summed E-state index contributed by atoms with van der Waals surface area (Å²) >= 11 is 0. The predicted octanol–water partition coefficient (Wildman–Crippen LogP) is 6.37. The van der Waals surface area contributed by atoms with Gasteiger partial charge in [0, 0.05) is 26.1 Å². The highest BCUT2D eigenvalue weighted by atomic mass is 16.5. The monoisotopic (exact) mass is 497 g/mol. The van der Waals surface area contributed by atoms with Crippen molar-refractivity contribution in [2.24, 2.45) is 45.8 Å². The number of hydrogen-bond donors (Lipinski definition) is 1. The summed E-state index contributed by atoms with van der Waals surface area (Å²) in [4.78, 5) is 15.3. The minimum atomic E-state index is -0.114. The lowest BCUT2D eigenvalue weighted by atomic mass is 9.47. The molecule has 4 nitrogen and oxygen atoms in total. The topological polar surface area (TPSA) is 49.8 Å². The Morgan fingerprint density at radius 3 is 2.64 bits per heavy atom. The van der Waals surface area contributed by atoms with Crippen molar-refractivity contribution in [3.05, 3.63) is 11.6 Å². The molecule has 0 aromatic rings. The van der Waals surface area contributed by atoms with Crippen molar-refractivity contribution in [2.45, 2.75) is 110 Å². The Morgan fingerprint density at radius 1 is 1.08 bits per heavy atom. The van der Waals surface area contributed by atoms with E-state index in [0.29, 0.717) is 28.1 Å². The van der Waals surface area contributed by atoms with Crippen LogP contribution in [-0.4, -0.2) is 48.3 Å². The van der Waals surface area contributed by atoms with Crippen LogP contribution in [0.5, 0.6) is 0 Å². The highest BCUT2D eigenvalue weighted by molar-refractivity contribution is 5.76. The van der Waals surface area contributed by atoms with Crippen LogP contribution in [0.1, 0.15) is 104 Å². The molecule has 1 N–H and O–H groups in total. The van der Waals surface area contributed by atoms with Gasteiger partial charge in [0.25, 0.3) is 0 Å². The number of carbonyl (C=O) groups excluding carboxylic acids is 1. The molecule has 0 bridgehead atoms. The first-order chi connectivity index (χ1) is 17.2. The van der Waals surface area contributed by atoms with E-state index < -0.39 is 0 Å².